The van der Waals surface area contributed by atoms with Crippen molar-refractivity contribution >= 4 is 0 Å². The molecule has 0 spiro atoms. The van der Waals surface area contributed by atoms with E-state index in [4.69, 9.17) is 0 Å². The van der Waals surface area contributed by atoms with Crippen LogP contribution in [0.15, 0.2) is 49.7 Å². The van der Waals surface area contributed by atoms with Crippen LogP contribution in [0.3, 0.4) is 0 Å². The highest BCUT2D eigenvalue weighted by molar-refractivity contribution is 5.31. The van der Waals surface area contributed by atoms with Crippen LogP contribution in [0.5, 0.6) is 0 Å². The Morgan fingerprint density at radius 3 is 2.57 bits per heavy atom. The summed E-state index contributed by atoms with van der Waals surface area (Å²) in [5.74, 6) is 0. The first-order chi connectivity index (χ1) is 6.85. The molecule has 14 heavy (non-hydrogen) atoms. The van der Waals surface area contributed by atoms with Gasteiger partial charge in [-0.15, -0.1) is 6.58 Å². The van der Waals surface area contributed by atoms with Crippen molar-refractivity contribution in [2.24, 2.45) is 0 Å². The molecule has 1 unspecified atom stereocenters. The lowest BCUT2D eigenvalue weighted by atomic mass is 9.94. The van der Waals surface area contributed by atoms with Crippen LogP contribution in [0, 0.1) is 0 Å². The molecule has 2 rings (SSSR count). The van der Waals surface area contributed by atoms with Gasteiger partial charge in [0.2, 0.25) is 0 Å². The number of rotatable bonds is 2. The van der Waals surface area contributed by atoms with Crippen molar-refractivity contribution < 1.29 is 0 Å². The molecule has 0 radical (unpaired) electrons. The predicted octanol–water partition coefficient (Wildman–Crippen LogP) is 2.74. The van der Waals surface area contributed by atoms with Crippen molar-refractivity contribution in [2.75, 3.05) is 0 Å². The van der Waals surface area contributed by atoms with E-state index < -0.39 is 0 Å². The summed E-state index contributed by atoms with van der Waals surface area (Å²) < 4.78 is 0. The highest BCUT2D eigenvalue weighted by atomic mass is 15.1. The van der Waals surface area contributed by atoms with E-state index in [9.17, 15) is 0 Å². The molecule has 1 aliphatic heterocycles. The molecule has 1 nitrogen and oxygen atoms in total. The van der Waals surface area contributed by atoms with E-state index in [1.807, 2.05) is 12.3 Å². The lowest BCUT2D eigenvalue weighted by Gasteiger charge is -2.34. The quantitative estimate of drug-likeness (QED) is 0.640. The van der Waals surface area contributed by atoms with E-state index in [0.29, 0.717) is 6.04 Å². The number of nitrogens with zero attached hydrogens (tertiary/aromatic N) is 1. The Labute approximate surface area is 85.4 Å². The van der Waals surface area contributed by atoms with Crippen LogP contribution in [0.1, 0.15) is 11.1 Å². The molecule has 72 valence electrons. The van der Waals surface area contributed by atoms with Crippen LogP contribution in [-0.2, 0) is 13.0 Å². The summed E-state index contributed by atoms with van der Waals surface area (Å²) in [6.07, 6.45) is 4.95. The fourth-order valence-electron chi connectivity index (χ4n) is 1.99. The van der Waals surface area contributed by atoms with Crippen molar-refractivity contribution in [3.63, 3.8) is 0 Å². The number of benzene rings is 1. The molecule has 0 fully saturated rings. The summed E-state index contributed by atoms with van der Waals surface area (Å²) >= 11 is 0. The molecule has 0 amide bonds. The minimum absolute atomic E-state index is 0.405. The largest absolute Gasteiger partial charge is 0.367 e. The Morgan fingerprint density at radius 2 is 1.93 bits per heavy atom. The SMILES string of the molecule is C=CC1Cc2ccccc2CN1C=C. The van der Waals surface area contributed by atoms with Crippen LogP contribution in [0.4, 0.5) is 0 Å². The molecule has 1 atom stereocenters. The van der Waals surface area contributed by atoms with Crippen LogP contribution in [-0.4, -0.2) is 10.9 Å². The summed E-state index contributed by atoms with van der Waals surface area (Å²) in [5.41, 5.74) is 2.85. The monoisotopic (exact) mass is 185 g/mol. The summed E-state index contributed by atoms with van der Waals surface area (Å²) in [6, 6.07) is 8.98. The Hall–Kier alpha value is -1.50. The Balaban J connectivity index is 2.33. The molecule has 1 aromatic rings. The van der Waals surface area contributed by atoms with E-state index in [2.05, 4.69) is 42.3 Å². The molecule has 0 aromatic heterocycles. The van der Waals surface area contributed by atoms with Gasteiger partial charge < -0.3 is 4.90 Å². The average molecular weight is 185 g/mol. The minimum atomic E-state index is 0.405. The van der Waals surface area contributed by atoms with Gasteiger partial charge in [-0.3, -0.25) is 0 Å². The van der Waals surface area contributed by atoms with Crippen molar-refractivity contribution in [3.8, 4) is 0 Å². The van der Waals surface area contributed by atoms with E-state index >= 15 is 0 Å². The smallest absolute Gasteiger partial charge is 0.0508 e. The Kier molecular flexibility index (Phi) is 2.40. The third kappa shape index (κ3) is 1.46. The lowest BCUT2D eigenvalue weighted by Crippen LogP contribution is -2.34. The summed E-state index contributed by atoms with van der Waals surface area (Å²) in [4.78, 5) is 2.23. The molecule has 0 saturated heterocycles. The molecule has 0 bridgehead atoms. The van der Waals surface area contributed by atoms with Crippen molar-refractivity contribution in [2.45, 2.75) is 19.0 Å². The first-order valence-corrected chi connectivity index (χ1v) is 4.93. The van der Waals surface area contributed by atoms with Crippen LogP contribution in [0.2, 0.25) is 0 Å². The maximum absolute atomic E-state index is 3.87. The van der Waals surface area contributed by atoms with Gasteiger partial charge in [-0.1, -0.05) is 36.9 Å². The maximum atomic E-state index is 3.87. The third-order valence-electron chi connectivity index (χ3n) is 2.83. The van der Waals surface area contributed by atoms with Gasteiger partial charge in [0.1, 0.15) is 0 Å². The number of fused-ring (bicyclic) bond motifs is 1. The zero-order valence-electron chi connectivity index (χ0n) is 8.32. The summed E-state index contributed by atoms with van der Waals surface area (Å²) in [5, 5.41) is 0. The minimum Gasteiger partial charge on any atom is -0.367 e. The summed E-state index contributed by atoms with van der Waals surface area (Å²) in [6.45, 7) is 8.65. The second-order valence-electron chi connectivity index (χ2n) is 3.63. The second-order valence-corrected chi connectivity index (χ2v) is 3.63. The maximum Gasteiger partial charge on any atom is 0.0508 e. The fraction of sp³-hybridized carbons (Fsp3) is 0.231. The molecule has 1 aromatic carbocycles. The molecule has 1 heteroatoms. The third-order valence-corrected chi connectivity index (χ3v) is 2.83. The highest BCUT2D eigenvalue weighted by Gasteiger charge is 2.20. The topological polar surface area (TPSA) is 3.24 Å². The lowest BCUT2D eigenvalue weighted by molar-refractivity contribution is 0.291. The van der Waals surface area contributed by atoms with Crippen LogP contribution < -0.4 is 0 Å². The van der Waals surface area contributed by atoms with Crippen molar-refractivity contribution in [1.29, 1.82) is 0 Å². The standard InChI is InChI=1S/C13H15N/c1-3-13-9-11-7-5-6-8-12(11)10-14(13)4-2/h3-8,13H,1-2,9-10H2. The van der Waals surface area contributed by atoms with E-state index in [1.54, 1.807) is 0 Å². The van der Waals surface area contributed by atoms with Crippen molar-refractivity contribution in [3.05, 3.63) is 60.8 Å². The number of hydrogen-bond acceptors (Lipinski definition) is 1. The van der Waals surface area contributed by atoms with Gasteiger partial charge in [0.15, 0.2) is 0 Å². The molecule has 0 aliphatic carbocycles. The van der Waals surface area contributed by atoms with Gasteiger partial charge in [0, 0.05) is 6.54 Å². The number of hydrogen-bond donors (Lipinski definition) is 0. The van der Waals surface area contributed by atoms with E-state index in [-0.39, 0.29) is 0 Å². The molecular formula is C13H15N. The van der Waals surface area contributed by atoms with Gasteiger partial charge >= 0.3 is 0 Å². The highest BCUT2D eigenvalue weighted by Crippen LogP contribution is 2.23. The first-order valence-electron chi connectivity index (χ1n) is 4.93. The summed E-state index contributed by atoms with van der Waals surface area (Å²) in [7, 11) is 0. The van der Waals surface area contributed by atoms with Gasteiger partial charge in [0.25, 0.3) is 0 Å². The first kappa shape index (κ1) is 9.07. The van der Waals surface area contributed by atoms with E-state index in [1.165, 1.54) is 11.1 Å². The Morgan fingerprint density at radius 1 is 1.21 bits per heavy atom. The van der Waals surface area contributed by atoms with Crippen molar-refractivity contribution in [1.82, 2.24) is 4.90 Å². The molecule has 1 aliphatic rings. The zero-order valence-corrected chi connectivity index (χ0v) is 8.32. The van der Waals surface area contributed by atoms with Gasteiger partial charge in [0.05, 0.1) is 6.04 Å². The molecular weight excluding hydrogens is 170 g/mol. The zero-order chi connectivity index (χ0) is 9.97. The Bertz CT molecular complexity index is 319. The van der Waals surface area contributed by atoms with Crippen LogP contribution in [0.25, 0.3) is 0 Å². The van der Waals surface area contributed by atoms with Gasteiger partial charge in [-0.05, 0) is 23.7 Å². The van der Waals surface area contributed by atoms with Crippen LogP contribution >= 0.6 is 0 Å². The molecule has 1 heterocycles. The van der Waals surface area contributed by atoms with E-state index in [0.717, 1.165) is 13.0 Å². The van der Waals surface area contributed by atoms with Gasteiger partial charge in [-0.2, -0.15) is 0 Å². The van der Waals surface area contributed by atoms with Gasteiger partial charge in [-0.25, -0.2) is 0 Å². The molecule has 0 N–H and O–H groups in total. The fourth-order valence-corrected chi connectivity index (χ4v) is 1.99. The second kappa shape index (κ2) is 3.70. The molecule has 0 saturated carbocycles. The normalized spacial score (nSPS) is 20.0. The average Bonchev–Trinajstić information content (AvgIpc) is 2.27. The predicted molar refractivity (Wildman–Crippen MR) is 59.9 cm³/mol.